The van der Waals surface area contributed by atoms with Gasteiger partial charge in [0.2, 0.25) is 11.8 Å². The van der Waals surface area contributed by atoms with Crippen molar-refractivity contribution < 1.29 is 22.8 Å². The van der Waals surface area contributed by atoms with Crippen molar-refractivity contribution in [3.63, 3.8) is 0 Å². The number of nitrogens with two attached hydrogens (primary N) is 1. The fraction of sp³-hybridized carbons (Fsp3) is 0.355. The maximum atomic E-state index is 14.1. The highest BCUT2D eigenvalue weighted by Gasteiger charge is 2.67. The van der Waals surface area contributed by atoms with Gasteiger partial charge in [0.25, 0.3) is 0 Å². The van der Waals surface area contributed by atoms with Gasteiger partial charge >= 0.3 is 6.18 Å². The molecule has 3 N–H and O–H groups in total. The number of likely N-dealkylation sites (N-methyl/N-ethyl adjacent to an activating group) is 1. The molecule has 0 spiro atoms. The predicted octanol–water partition coefficient (Wildman–Crippen LogP) is 5.46. The first-order valence-electron chi connectivity index (χ1n) is 13.1. The first kappa shape index (κ1) is 28.4. The molecule has 0 aromatic heterocycles. The third kappa shape index (κ3) is 7.06. The fourth-order valence-electron chi connectivity index (χ4n) is 5.23. The second-order valence-corrected chi connectivity index (χ2v) is 10.4. The Hall–Kier alpha value is -3.65. The summed E-state index contributed by atoms with van der Waals surface area (Å²) in [4.78, 5) is 26.7. The molecule has 0 heterocycles. The van der Waals surface area contributed by atoms with E-state index >= 15 is 0 Å². The Morgan fingerprint density at radius 3 is 2.05 bits per heavy atom. The molecule has 0 saturated heterocycles. The van der Waals surface area contributed by atoms with Crippen molar-refractivity contribution in [1.29, 1.82) is 0 Å². The van der Waals surface area contributed by atoms with Crippen molar-refractivity contribution in [2.24, 2.45) is 11.1 Å². The molecular formula is C31H34F3N3O2. The van der Waals surface area contributed by atoms with Crippen LogP contribution in [0.1, 0.15) is 52.2 Å². The molecule has 3 aromatic rings. The van der Waals surface area contributed by atoms with E-state index in [1.807, 2.05) is 49.5 Å². The van der Waals surface area contributed by atoms with E-state index in [1.54, 1.807) is 42.5 Å². The Balaban J connectivity index is 1.48. The Kier molecular flexibility index (Phi) is 8.75. The lowest BCUT2D eigenvalue weighted by atomic mass is 9.80. The number of nitrogens with zero attached hydrogens (tertiary/aromatic N) is 1. The number of carbonyl (C=O) groups excluding carboxylic acids is 2. The zero-order valence-electron chi connectivity index (χ0n) is 22.0. The van der Waals surface area contributed by atoms with Crippen LogP contribution in [0.3, 0.4) is 0 Å². The topological polar surface area (TPSA) is 75.4 Å². The minimum atomic E-state index is -4.37. The van der Waals surface area contributed by atoms with Crippen molar-refractivity contribution in [3.8, 4) is 0 Å². The molecule has 5 nitrogen and oxygen atoms in total. The van der Waals surface area contributed by atoms with Gasteiger partial charge in [-0.05, 0) is 55.1 Å². The third-order valence-corrected chi connectivity index (χ3v) is 7.75. The van der Waals surface area contributed by atoms with Gasteiger partial charge < -0.3 is 11.1 Å². The molecule has 2 atom stereocenters. The van der Waals surface area contributed by atoms with E-state index in [4.69, 9.17) is 5.73 Å². The Bertz CT molecular complexity index is 1240. The van der Waals surface area contributed by atoms with Crippen LogP contribution in [0.25, 0.3) is 0 Å². The van der Waals surface area contributed by atoms with Crippen molar-refractivity contribution in [1.82, 2.24) is 10.2 Å². The van der Waals surface area contributed by atoms with E-state index in [9.17, 15) is 22.8 Å². The van der Waals surface area contributed by atoms with Crippen molar-refractivity contribution in [3.05, 3.63) is 107 Å². The van der Waals surface area contributed by atoms with Gasteiger partial charge in [-0.1, -0.05) is 72.8 Å². The minimum Gasteiger partial charge on any atom is -0.366 e. The molecule has 0 aliphatic heterocycles. The van der Waals surface area contributed by atoms with Crippen LogP contribution in [0.15, 0.2) is 84.9 Å². The van der Waals surface area contributed by atoms with Crippen LogP contribution in [0, 0.1) is 5.41 Å². The van der Waals surface area contributed by atoms with Gasteiger partial charge in [0.1, 0.15) is 0 Å². The van der Waals surface area contributed by atoms with Crippen LogP contribution >= 0.6 is 0 Å². The standard InChI is InChI=1S/C31H34F3N3O2/c1-37(21-23-8-4-2-5-9-23)26(18-22-12-14-25(15-13-22)29(35)39)20-36-28(38)19-27(24-10-6-3-7-11-24)30(16-17-30)31(32,33)34/h2-15,26-27H,16-21H2,1H3,(H2,35,39)(H,36,38)/t26-,27-/m0/s1. The number of rotatable bonds is 12. The predicted molar refractivity (Wildman–Crippen MR) is 145 cm³/mol. The summed E-state index contributed by atoms with van der Waals surface area (Å²) in [6, 6.07) is 25.3. The molecule has 1 saturated carbocycles. The SMILES string of the molecule is CN(Cc1ccccc1)[C@H](CNC(=O)C[C@@H](c1ccccc1)C1(C(F)(F)F)CC1)Cc1ccc(C(N)=O)cc1. The summed E-state index contributed by atoms with van der Waals surface area (Å²) < 4.78 is 42.2. The lowest BCUT2D eigenvalue weighted by Crippen LogP contribution is -2.44. The number of halogens is 3. The Morgan fingerprint density at radius 1 is 0.923 bits per heavy atom. The summed E-state index contributed by atoms with van der Waals surface area (Å²) in [6.07, 6.45) is -3.97. The van der Waals surface area contributed by atoms with Gasteiger partial charge in [0.15, 0.2) is 0 Å². The summed E-state index contributed by atoms with van der Waals surface area (Å²) in [7, 11) is 1.96. The van der Waals surface area contributed by atoms with Crippen LogP contribution in [-0.2, 0) is 17.8 Å². The smallest absolute Gasteiger partial charge is 0.366 e. The first-order chi connectivity index (χ1) is 18.6. The van der Waals surface area contributed by atoms with Gasteiger partial charge in [0, 0.05) is 37.0 Å². The number of hydrogen-bond donors (Lipinski definition) is 2. The van der Waals surface area contributed by atoms with Gasteiger partial charge in [-0.15, -0.1) is 0 Å². The van der Waals surface area contributed by atoms with Gasteiger partial charge in [-0.25, -0.2) is 0 Å². The quantitative estimate of drug-likeness (QED) is 0.322. The molecule has 1 fully saturated rings. The van der Waals surface area contributed by atoms with Gasteiger partial charge in [0.05, 0.1) is 5.41 Å². The lowest BCUT2D eigenvalue weighted by molar-refractivity contribution is -0.194. The second-order valence-electron chi connectivity index (χ2n) is 10.4. The van der Waals surface area contributed by atoms with Crippen LogP contribution < -0.4 is 11.1 Å². The van der Waals surface area contributed by atoms with E-state index in [-0.39, 0.29) is 31.8 Å². The highest BCUT2D eigenvalue weighted by Crippen LogP contribution is 2.66. The molecule has 1 aliphatic rings. The van der Waals surface area contributed by atoms with E-state index in [2.05, 4.69) is 10.2 Å². The van der Waals surface area contributed by atoms with E-state index in [0.29, 0.717) is 24.1 Å². The zero-order chi connectivity index (χ0) is 28.0. The normalized spacial score (nSPS) is 15.9. The summed E-state index contributed by atoms with van der Waals surface area (Å²) in [6.45, 7) is 0.894. The number of alkyl halides is 3. The van der Waals surface area contributed by atoms with Crippen LogP contribution in [0.5, 0.6) is 0 Å². The second kappa shape index (κ2) is 12.0. The number of hydrogen-bond acceptors (Lipinski definition) is 3. The molecule has 0 radical (unpaired) electrons. The number of primary amides is 1. The Labute approximate surface area is 227 Å². The van der Waals surface area contributed by atoms with Gasteiger partial charge in [-0.3, -0.25) is 14.5 Å². The lowest BCUT2D eigenvalue weighted by Gasteiger charge is -2.31. The highest BCUT2D eigenvalue weighted by atomic mass is 19.4. The molecule has 0 unspecified atom stereocenters. The van der Waals surface area contributed by atoms with Crippen LogP contribution in [0.4, 0.5) is 13.2 Å². The number of nitrogens with one attached hydrogen (secondary N) is 1. The van der Waals surface area contributed by atoms with E-state index in [0.717, 1.165) is 11.1 Å². The largest absolute Gasteiger partial charge is 0.395 e. The molecule has 4 rings (SSSR count). The molecule has 39 heavy (non-hydrogen) atoms. The first-order valence-corrected chi connectivity index (χ1v) is 13.1. The van der Waals surface area contributed by atoms with Crippen LogP contribution in [-0.4, -0.2) is 42.5 Å². The van der Waals surface area contributed by atoms with Gasteiger partial charge in [-0.2, -0.15) is 13.2 Å². The third-order valence-electron chi connectivity index (χ3n) is 7.75. The molecule has 206 valence electrons. The van der Waals surface area contributed by atoms with E-state index < -0.39 is 29.3 Å². The number of carbonyl (C=O) groups is 2. The minimum absolute atomic E-state index is 0.0348. The van der Waals surface area contributed by atoms with Crippen molar-refractivity contribution >= 4 is 11.8 Å². The van der Waals surface area contributed by atoms with Crippen molar-refractivity contribution in [2.45, 2.75) is 50.4 Å². The number of benzene rings is 3. The fourth-order valence-corrected chi connectivity index (χ4v) is 5.23. The molecular weight excluding hydrogens is 503 g/mol. The molecule has 2 amide bonds. The average Bonchev–Trinajstić information content (AvgIpc) is 3.73. The van der Waals surface area contributed by atoms with Crippen molar-refractivity contribution in [2.75, 3.05) is 13.6 Å². The Morgan fingerprint density at radius 2 is 1.51 bits per heavy atom. The zero-order valence-corrected chi connectivity index (χ0v) is 22.0. The van der Waals surface area contributed by atoms with E-state index in [1.165, 1.54) is 0 Å². The summed E-state index contributed by atoms with van der Waals surface area (Å²) in [5.74, 6) is -1.84. The van der Waals surface area contributed by atoms with Crippen LogP contribution in [0.2, 0.25) is 0 Å². The summed E-state index contributed by atoms with van der Waals surface area (Å²) in [5.41, 5.74) is 6.51. The molecule has 8 heteroatoms. The molecule has 0 bridgehead atoms. The summed E-state index contributed by atoms with van der Waals surface area (Å²) in [5, 5.41) is 2.93. The monoisotopic (exact) mass is 537 g/mol. The summed E-state index contributed by atoms with van der Waals surface area (Å²) >= 11 is 0. The molecule has 1 aliphatic carbocycles. The molecule has 3 aromatic carbocycles. The maximum absolute atomic E-state index is 14.1. The number of amides is 2. The average molecular weight is 538 g/mol. The highest BCUT2D eigenvalue weighted by molar-refractivity contribution is 5.92. The maximum Gasteiger partial charge on any atom is 0.395 e.